The first-order chi connectivity index (χ1) is 7.20. The summed E-state index contributed by atoms with van der Waals surface area (Å²) >= 11 is 7.15. The fraction of sp³-hybridized carbons (Fsp3) is 0. The third kappa shape index (κ3) is 1.91. The van der Waals surface area contributed by atoms with E-state index < -0.39 is 0 Å². The number of nitrogens with zero attached hydrogens (tertiary/aromatic N) is 3. The van der Waals surface area contributed by atoms with Gasteiger partial charge in [0, 0.05) is 0 Å². The smallest absolute Gasteiger partial charge is 0.171 e. The summed E-state index contributed by atoms with van der Waals surface area (Å²) in [7, 11) is 0. The van der Waals surface area contributed by atoms with Crippen LogP contribution in [-0.2, 0) is 0 Å². The van der Waals surface area contributed by atoms with Crippen LogP contribution in [0.5, 0.6) is 0 Å². The van der Waals surface area contributed by atoms with E-state index in [0.717, 1.165) is 4.88 Å². The number of thiophene rings is 1. The van der Waals surface area contributed by atoms with Crippen LogP contribution in [0.3, 0.4) is 0 Å². The molecule has 0 amide bonds. The van der Waals surface area contributed by atoms with Crippen LogP contribution in [0.4, 0.5) is 5.82 Å². The van der Waals surface area contributed by atoms with E-state index in [4.69, 9.17) is 22.6 Å². The molecular formula is C9H5ClN4S. The molecule has 0 unspecified atom stereocenters. The Morgan fingerprint density at radius 3 is 2.80 bits per heavy atom. The van der Waals surface area contributed by atoms with E-state index in [1.165, 1.54) is 17.5 Å². The molecule has 2 heterocycles. The standard InChI is InChI=1S/C9H5ClN4S/c10-7-2-1-6(15-7)9-13-4-5(3-11)8(12)14-9/h1-2,4H,(H2,12,13,14). The number of nitrogens with two attached hydrogens (primary N) is 1. The monoisotopic (exact) mass is 236 g/mol. The molecular weight excluding hydrogens is 232 g/mol. The lowest BCUT2D eigenvalue weighted by molar-refractivity contribution is 1.18. The molecule has 2 aromatic rings. The second-order valence-corrected chi connectivity index (χ2v) is 4.42. The number of rotatable bonds is 1. The zero-order chi connectivity index (χ0) is 10.8. The van der Waals surface area contributed by atoms with E-state index in [1.54, 1.807) is 6.07 Å². The molecule has 0 aliphatic rings. The highest BCUT2D eigenvalue weighted by molar-refractivity contribution is 7.19. The minimum atomic E-state index is 0.187. The summed E-state index contributed by atoms with van der Waals surface area (Å²) in [5, 5.41) is 8.66. The molecule has 0 fully saturated rings. The van der Waals surface area contributed by atoms with Crippen LogP contribution in [0.1, 0.15) is 5.56 Å². The van der Waals surface area contributed by atoms with Crippen molar-refractivity contribution in [3.63, 3.8) is 0 Å². The highest BCUT2D eigenvalue weighted by Gasteiger charge is 2.07. The van der Waals surface area contributed by atoms with Gasteiger partial charge in [0.1, 0.15) is 17.5 Å². The van der Waals surface area contributed by atoms with Gasteiger partial charge in [0.15, 0.2) is 5.82 Å². The maximum atomic E-state index is 8.66. The maximum Gasteiger partial charge on any atom is 0.171 e. The first-order valence-corrected chi connectivity index (χ1v) is 5.18. The molecule has 0 aliphatic heterocycles. The average molecular weight is 237 g/mol. The summed E-state index contributed by atoms with van der Waals surface area (Å²) in [5.41, 5.74) is 5.85. The molecule has 0 aromatic carbocycles. The summed E-state index contributed by atoms with van der Waals surface area (Å²) in [5.74, 6) is 0.676. The summed E-state index contributed by atoms with van der Waals surface area (Å²) in [6.45, 7) is 0. The van der Waals surface area contributed by atoms with E-state index in [1.807, 2.05) is 12.1 Å². The molecule has 0 spiro atoms. The van der Waals surface area contributed by atoms with Gasteiger partial charge in [-0.1, -0.05) is 11.6 Å². The Bertz CT molecular complexity index is 543. The Balaban J connectivity index is 2.48. The predicted molar refractivity (Wildman–Crippen MR) is 59.5 cm³/mol. The van der Waals surface area contributed by atoms with Gasteiger partial charge in [0.2, 0.25) is 0 Å². The molecule has 74 valence electrons. The molecule has 2 N–H and O–H groups in total. The van der Waals surface area contributed by atoms with Crippen molar-refractivity contribution in [3.05, 3.63) is 28.2 Å². The minimum absolute atomic E-state index is 0.187. The summed E-state index contributed by atoms with van der Waals surface area (Å²) < 4.78 is 0.663. The Kier molecular flexibility index (Phi) is 2.54. The predicted octanol–water partition coefficient (Wildman–Crippen LogP) is 2.31. The SMILES string of the molecule is N#Cc1cnc(-c2ccc(Cl)s2)nc1N. The molecule has 0 saturated heterocycles. The quantitative estimate of drug-likeness (QED) is 0.824. The number of nitriles is 1. The third-order valence-electron chi connectivity index (χ3n) is 1.73. The van der Waals surface area contributed by atoms with Crippen molar-refractivity contribution >= 4 is 28.8 Å². The molecule has 0 bridgehead atoms. The number of anilines is 1. The van der Waals surface area contributed by atoms with Gasteiger partial charge in [0.25, 0.3) is 0 Å². The first-order valence-electron chi connectivity index (χ1n) is 3.99. The maximum absolute atomic E-state index is 8.66. The molecule has 0 aliphatic carbocycles. The fourth-order valence-corrected chi connectivity index (χ4v) is 2.02. The van der Waals surface area contributed by atoms with Gasteiger partial charge in [-0.2, -0.15) is 5.26 Å². The van der Waals surface area contributed by atoms with E-state index >= 15 is 0 Å². The fourth-order valence-electron chi connectivity index (χ4n) is 1.03. The molecule has 0 atom stereocenters. The Labute approximate surface area is 95.0 Å². The Hall–Kier alpha value is -1.64. The zero-order valence-corrected chi connectivity index (χ0v) is 9.01. The van der Waals surface area contributed by atoms with Gasteiger partial charge in [-0.05, 0) is 12.1 Å². The van der Waals surface area contributed by atoms with Crippen molar-refractivity contribution < 1.29 is 0 Å². The molecule has 4 nitrogen and oxygen atoms in total. The lowest BCUT2D eigenvalue weighted by Gasteiger charge is -1.98. The van der Waals surface area contributed by atoms with E-state index in [-0.39, 0.29) is 11.4 Å². The van der Waals surface area contributed by atoms with Crippen molar-refractivity contribution in [2.45, 2.75) is 0 Å². The van der Waals surface area contributed by atoms with Gasteiger partial charge in [-0.25, -0.2) is 9.97 Å². The Morgan fingerprint density at radius 1 is 1.47 bits per heavy atom. The van der Waals surface area contributed by atoms with Gasteiger partial charge < -0.3 is 5.73 Å². The average Bonchev–Trinajstić information content (AvgIpc) is 2.65. The Morgan fingerprint density at radius 2 is 2.27 bits per heavy atom. The largest absolute Gasteiger partial charge is 0.382 e. The van der Waals surface area contributed by atoms with E-state index in [2.05, 4.69) is 9.97 Å². The molecule has 0 radical (unpaired) electrons. The van der Waals surface area contributed by atoms with Crippen LogP contribution in [0, 0.1) is 11.3 Å². The molecule has 15 heavy (non-hydrogen) atoms. The number of halogens is 1. The number of nitrogen functional groups attached to an aromatic ring is 1. The van der Waals surface area contributed by atoms with Gasteiger partial charge in [-0.15, -0.1) is 11.3 Å². The van der Waals surface area contributed by atoms with Crippen LogP contribution < -0.4 is 5.73 Å². The lowest BCUT2D eigenvalue weighted by atomic mass is 10.3. The van der Waals surface area contributed by atoms with Crippen LogP contribution in [0.2, 0.25) is 4.34 Å². The second kappa shape index (κ2) is 3.85. The van der Waals surface area contributed by atoms with Crippen LogP contribution in [0.25, 0.3) is 10.7 Å². The molecule has 2 rings (SSSR count). The number of hydrogen-bond acceptors (Lipinski definition) is 5. The number of hydrogen-bond donors (Lipinski definition) is 1. The zero-order valence-electron chi connectivity index (χ0n) is 7.44. The van der Waals surface area contributed by atoms with Crippen LogP contribution >= 0.6 is 22.9 Å². The summed E-state index contributed by atoms with van der Waals surface area (Å²) in [6, 6.07) is 5.48. The summed E-state index contributed by atoms with van der Waals surface area (Å²) in [6.07, 6.45) is 1.41. The van der Waals surface area contributed by atoms with Crippen molar-refractivity contribution in [1.29, 1.82) is 5.26 Å². The van der Waals surface area contributed by atoms with Crippen molar-refractivity contribution in [2.24, 2.45) is 0 Å². The lowest BCUT2D eigenvalue weighted by Crippen LogP contribution is -1.97. The van der Waals surface area contributed by atoms with Crippen LogP contribution in [0.15, 0.2) is 18.3 Å². The van der Waals surface area contributed by atoms with Crippen molar-refractivity contribution in [3.8, 4) is 16.8 Å². The highest BCUT2D eigenvalue weighted by Crippen LogP contribution is 2.29. The first kappa shape index (κ1) is 9.90. The van der Waals surface area contributed by atoms with Gasteiger partial charge >= 0.3 is 0 Å². The van der Waals surface area contributed by atoms with Gasteiger partial charge in [0.05, 0.1) is 15.4 Å². The summed E-state index contributed by atoms with van der Waals surface area (Å²) in [4.78, 5) is 8.89. The van der Waals surface area contributed by atoms with Crippen molar-refractivity contribution in [1.82, 2.24) is 9.97 Å². The van der Waals surface area contributed by atoms with Crippen LogP contribution in [-0.4, -0.2) is 9.97 Å². The van der Waals surface area contributed by atoms with Crippen molar-refractivity contribution in [2.75, 3.05) is 5.73 Å². The molecule has 2 aromatic heterocycles. The number of aromatic nitrogens is 2. The normalized spacial score (nSPS) is 9.87. The third-order valence-corrected chi connectivity index (χ3v) is 2.96. The van der Waals surface area contributed by atoms with Gasteiger partial charge in [-0.3, -0.25) is 0 Å². The second-order valence-electron chi connectivity index (χ2n) is 2.71. The molecule has 0 saturated carbocycles. The minimum Gasteiger partial charge on any atom is -0.382 e. The topological polar surface area (TPSA) is 75.6 Å². The molecule has 6 heteroatoms. The van der Waals surface area contributed by atoms with E-state index in [0.29, 0.717) is 10.2 Å². The highest BCUT2D eigenvalue weighted by atomic mass is 35.5. The van der Waals surface area contributed by atoms with E-state index in [9.17, 15) is 0 Å².